The van der Waals surface area contributed by atoms with E-state index in [0.29, 0.717) is 5.57 Å². The Hall–Kier alpha value is -0.790. The maximum Gasteiger partial charge on any atom is 0.147 e. The molecule has 0 spiro atoms. The maximum atomic E-state index is 9.82. The van der Waals surface area contributed by atoms with Crippen LogP contribution in [0.1, 0.15) is 13.3 Å². The summed E-state index contributed by atoms with van der Waals surface area (Å²) < 4.78 is 0. The van der Waals surface area contributed by atoms with E-state index in [2.05, 4.69) is 0 Å². The van der Waals surface area contributed by atoms with Crippen LogP contribution >= 0.6 is 0 Å². The van der Waals surface area contributed by atoms with E-state index < -0.39 is 0 Å². The third-order valence-corrected chi connectivity index (χ3v) is 0.774. The van der Waals surface area contributed by atoms with E-state index >= 15 is 0 Å². The first-order valence-corrected chi connectivity index (χ1v) is 2.21. The first-order chi connectivity index (χ1) is 3.35. The molecular weight excluding hydrogens is 90.1 g/mol. The Bertz CT molecular complexity index is 86.1. The molecule has 0 aromatic carbocycles. The molecule has 0 bridgehead atoms. The Morgan fingerprint density at radius 3 is 2.43 bits per heavy atom. The topological polar surface area (TPSA) is 43.1 Å². The second-order valence-corrected chi connectivity index (χ2v) is 1.21. The molecule has 0 fully saturated rings. The fourth-order valence-electron chi connectivity index (χ4n) is 0.240. The van der Waals surface area contributed by atoms with Crippen molar-refractivity contribution in [2.24, 2.45) is 5.73 Å². The molecule has 0 heterocycles. The Kier molecular flexibility index (Phi) is 3.02. The summed E-state index contributed by atoms with van der Waals surface area (Å²) >= 11 is 0. The smallest absolute Gasteiger partial charge is 0.147 e. The number of hydrogen-bond acceptors (Lipinski definition) is 2. The third kappa shape index (κ3) is 1.98. The van der Waals surface area contributed by atoms with Crippen molar-refractivity contribution >= 4 is 6.29 Å². The molecule has 2 heteroatoms. The predicted octanol–water partition coefficient (Wildman–Crippen LogP) is 0.438. The molecule has 0 radical (unpaired) electrons. The summed E-state index contributed by atoms with van der Waals surface area (Å²) in [6.45, 7) is 1.88. The van der Waals surface area contributed by atoms with Crippen LogP contribution in [-0.2, 0) is 4.79 Å². The lowest BCUT2D eigenvalue weighted by Crippen LogP contribution is -1.87. The highest BCUT2D eigenvalue weighted by Gasteiger charge is 1.83. The van der Waals surface area contributed by atoms with Crippen LogP contribution in [0.3, 0.4) is 0 Å². The van der Waals surface area contributed by atoms with Gasteiger partial charge in [0.05, 0.1) is 0 Å². The van der Waals surface area contributed by atoms with Crippen molar-refractivity contribution < 1.29 is 4.79 Å². The molecule has 2 N–H and O–H groups in total. The van der Waals surface area contributed by atoms with Gasteiger partial charge in [-0.1, -0.05) is 6.92 Å². The highest BCUT2D eigenvalue weighted by atomic mass is 16.1. The van der Waals surface area contributed by atoms with Crippen LogP contribution in [0, 0.1) is 0 Å². The largest absolute Gasteiger partial charge is 0.404 e. The summed E-state index contributed by atoms with van der Waals surface area (Å²) in [6, 6.07) is 0. The molecule has 0 aliphatic carbocycles. The molecule has 0 unspecified atom stereocenters. The normalized spacial score (nSPS) is 11.3. The monoisotopic (exact) mass is 99.1 g/mol. The highest BCUT2D eigenvalue weighted by molar-refractivity contribution is 5.72. The molecule has 0 aliphatic rings. The zero-order valence-electron chi connectivity index (χ0n) is 4.35. The van der Waals surface area contributed by atoms with Crippen molar-refractivity contribution in [3.8, 4) is 0 Å². The van der Waals surface area contributed by atoms with Gasteiger partial charge in [-0.3, -0.25) is 4.79 Å². The molecule has 2 nitrogen and oxygen atoms in total. The summed E-state index contributed by atoms with van der Waals surface area (Å²) in [5.74, 6) is 0. The van der Waals surface area contributed by atoms with E-state index in [4.69, 9.17) is 5.73 Å². The van der Waals surface area contributed by atoms with Crippen molar-refractivity contribution in [1.29, 1.82) is 0 Å². The number of carbonyl (C=O) groups excluding carboxylic acids is 1. The van der Waals surface area contributed by atoms with Gasteiger partial charge >= 0.3 is 0 Å². The fraction of sp³-hybridized carbons (Fsp3) is 0.400. The Morgan fingerprint density at radius 1 is 1.86 bits per heavy atom. The molecule has 0 rings (SSSR count). The third-order valence-electron chi connectivity index (χ3n) is 0.774. The summed E-state index contributed by atoms with van der Waals surface area (Å²) in [6.07, 6.45) is 2.81. The second kappa shape index (κ2) is 3.40. The van der Waals surface area contributed by atoms with Gasteiger partial charge in [-0.05, 0) is 6.42 Å². The van der Waals surface area contributed by atoms with E-state index in [-0.39, 0.29) is 0 Å². The Labute approximate surface area is 43.0 Å². The van der Waals surface area contributed by atoms with Gasteiger partial charge in [0.25, 0.3) is 0 Å². The lowest BCUT2D eigenvalue weighted by atomic mass is 10.2. The van der Waals surface area contributed by atoms with Crippen LogP contribution in [0.5, 0.6) is 0 Å². The van der Waals surface area contributed by atoms with Gasteiger partial charge < -0.3 is 5.73 Å². The minimum Gasteiger partial charge on any atom is -0.404 e. The van der Waals surface area contributed by atoms with Crippen molar-refractivity contribution in [1.82, 2.24) is 0 Å². The fourth-order valence-corrected chi connectivity index (χ4v) is 0.240. The summed E-state index contributed by atoms with van der Waals surface area (Å²) in [5.41, 5.74) is 5.65. The van der Waals surface area contributed by atoms with E-state index in [1.165, 1.54) is 6.20 Å². The number of hydrogen-bond donors (Lipinski definition) is 1. The summed E-state index contributed by atoms with van der Waals surface area (Å²) in [7, 11) is 0. The lowest BCUT2D eigenvalue weighted by molar-refractivity contribution is -0.105. The van der Waals surface area contributed by atoms with Crippen LogP contribution < -0.4 is 5.73 Å². The average Bonchev–Trinajstić information content (AvgIpc) is 1.72. The quantitative estimate of drug-likeness (QED) is 0.403. The standard InChI is InChI=1S/C5H9NO/c1-2-5(3-6)4-7/h3-4H,2,6H2,1H3/b5-3+. The molecule has 0 aromatic heterocycles. The molecule has 0 saturated carbocycles. The maximum absolute atomic E-state index is 9.82. The zero-order valence-corrected chi connectivity index (χ0v) is 4.35. The van der Waals surface area contributed by atoms with Gasteiger partial charge in [0.1, 0.15) is 6.29 Å². The number of aldehydes is 1. The molecule has 0 saturated heterocycles. The van der Waals surface area contributed by atoms with Gasteiger partial charge in [0, 0.05) is 11.8 Å². The molecule has 0 aromatic rings. The van der Waals surface area contributed by atoms with Crippen molar-refractivity contribution in [3.63, 3.8) is 0 Å². The second-order valence-electron chi connectivity index (χ2n) is 1.21. The first-order valence-electron chi connectivity index (χ1n) is 2.21. The molecule has 0 atom stereocenters. The van der Waals surface area contributed by atoms with Crippen LogP contribution in [0.2, 0.25) is 0 Å². The van der Waals surface area contributed by atoms with Gasteiger partial charge in [-0.25, -0.2) is 0 Å². The van der Waals surface area contributed by atoms with Crippen molar-refractivity contribution in [2.45, 2.75) is 13.3 Å². The number of rotatable bonds is 2. The first kappa shape index (κ1) is 6.21. The Balaban J connectivity index is 3.60. The molecular formula is C5H9NO. The molecule has 7 heavy (non-hydrogen) atoms. The minimum absolute atomic E-state index is 0.653. The van der Waals surface area contributed by atoms with Crippen molar-refractivity contribution in [2.75, 3.05) is 0 Å². The van der Waals surface area contributed by atoms with E-state index in [1.54, 1.807) is 0 Å². The van der Waals surface area contributed by atoms with Crippen LogP contribution in [0.25, 0.3) is 0 Å². The molecule has 40 valence electrons. The average molecular weight is 99.1 g/mol. The number of carbonyl (C=O) groups is 1. The van der Waals surface area contributed by atoms with Crippen LogP contribution in [0.4, 0.5) is 0 Å². The van der Waals surface area contributed by atoms with E-state index in [1.807, 2.05) is 6.92 Å². The zero-order chi connectivity index (χ0) is 5.70. The molecule has 0 amide bonds. The van der Waals surface area contributed by atoms with Gasteiger partial charge in [0.2, 0.25) is 0 Å². The van der Waals surface area contributed by atoms with E-state index in [9.17, 15) is 4.79 Å². The highest BCUT2D eigenvalue weighted by Crippen LogP contribution is 1.89. The number of nitrogens with two attached hydrogens (primary N) is 1. The van der Waals surface area contributed by atoms with Gasteiger partial charge in [-0.2, -0.15) is 0 Å². The van der Waals surface area contributed by atoms with Crippen LogP contribution in [0.15, 0.2) is 11.8 Å². The lowest BCUT2D eigenvalue weighted by Gasteiger charge is -1.84. The van der Waals surface area contributed by atoms with Gasteiger partial charge in [0.15, 0.2) is 0 Å². The van der Waals surface area contributed by atoms with Crippen molar-refractivity contribution in [3.05, 3.63) is 11.8 Å². The van der Waals surface area contributed by atoms with E-state index in [0.717, 1.165) is 12.7 Å². The Morgan fingerprint density at radius 2 is 2.43 bits per heavy atom. The summed E-state index contributed by atoms with van der Waals surface area (Å²) in [5, 5.41) is 0. The van der Waals surface area contributed by atoms with Gasteiger partial charge in [-0.15, -0.1) is 0 Å². The minimum atomic E-state index is 0.653. The number of allylic oxidation sites excluding steroid dienone is 1. The summed E-state index contributed by atoms with van der Waals surface area (Å²) in [4.78, 5) is 9.82. The SMILES string of the molecule is CC/C(C=O)=C\N. The van der Waals surface area contributed by atoms with Crippen LogP contribution in [-0.4, -0.2) is 6.29 Å². The molecule has 0 aliphatic heterocycles. The predicted molar refractivity (Wildman–Crippen MR) is 28.6 cm³/mol.